The van der Waals surface area contributed by atoms with Crippen LogP contribution >= 0.6 is 0 Å². The molecule has 2 fully saturated rings. The minimum Gasteiger partial charge on any atom is -0.480 e. The number of nitrogens with zero attached hydrogens (tertiary/aromatic N) is 2. The second-order valence-corrected chi connectivity index (χ2v) is 6.38. The van der Waals surface area contributed by atoms with Crippen molar-refractivity contribution in [3.05, 3.63) is 29.8 Å². The number of anilines is 1. The molecule has 25 heavy (non-hydrogen) atoms. The van der Waals surface area contributed by atoms with Crippen LogP contribution in [0.4, 0.5) is 14.5 Å². The molecular formula is C17H18F2N2O4. The molecule has 0 aromatic heterocycles. The number of carboxylic acids is 1. The van der Waals surface area contributed by atoms with Crippen LogP contribution in [0.5, 0.6) is 0 Å². The van der Waals surface area contributed by atoms with E-state index < -0.39 is 41.4 Å². The van der Waals surface area contributed by atoms with Gasteiger partial charge in [-0.15, -0.1) is 0 Å². The molecule has 134 valence electrons. The molecule has 2 unspecified atom stereocenters. The smallest absolute Gasteiger partial charge is 0.326 e. The zero-order chi connectivity index (χ0) is 18.1. The summed E-state index contributed by atoms with van der Waals surface area (Å²) in [5, 5.41) is 9.29. The van der Waals surface area contributed by atoms with Gasteiger partial charge >= 0.3 is 5.97 Å². The third-order valence-electron chi connectivity index (χ3n) is 4.75. The molecule has 0 saturated carbocycles. The molecule has 0 aliphatic carbocycles. The van der Waals surface area contributed by atoms with Crippen LogP contribution in [-0.4, -0.2) is 46.9 Å². The van der Waals surface area contributed by atoms with Crippen LogP contribution in [-0.2, 0) is 14.4 Å². The van der Waals surface area contributed by atoms with Gasteiger partial charge in [-0.3, -0.25) is 9.59 Å². The molecule has 2 heterocycles. The van der Waals surface area contributed by atoms with Crippen molar-refractivity contribution in [1.82, 2.24) is 4.90 Å². The molecule has 2 atom stereocenters. The van der Waals surface area contributed by atoms with Crippen molar-refractivity contribution in [2.75, 3.05) is 18.0 Å². The molecule has 0 radical (unpaired) electrons. The molecule has 3 rings (SSSR count). The van der Waals surface area contributed by atoms with Gasteiger partial charge in [0.25, 0.3) is 0 Å². The molecule has 1 aromatic carbocycles. The summed E-state index contributed by atoms with van der Waals surface area (Å²) in [6, 6.07) is 2.01. The fraction of sp³-hybridized carbons (Fsp3) is 0.471. The Hall–Kier alpha value is -2.51. The number of amides is 2. The Morgan fingerprint density at radius 1 is 1.20 bits per heavy atom. The molecule has 2 amide bonds. The summed E-state index contributed by atoms with van der Waals surface area (Å²) in [5.41, 5.74) is -0.0740. The number of halogens is 2. The van der Waals surface area contributed by atoms with Gasteiger partial charge in [-0.2, -0.15) is 0 Å². The highest BCUT2D eigenvalue weighted by Gasteiger charge is 2.41. The van der Waals surface area contributed by atoms with Gasteiger partial charge in [0.2, 0.25) is 11.8 Å². The number of hydrogen-bond donors (Lipinski definition) is 1. The van der Waals surface area contributed by atoms with E-state index in [1.807, 2.05) is 0 Å². The molecule has 0 spiro atoms. The zero-order valence-corrected chi connectivity index (χ0v) is 13.5. The highest BCUT2D eigenvalue weighted by atomic mass is 19.1. The maximum Gasteiger partial charge on any atom is 0.326 e. The Balaban J connectivity index is 1.77. The second-order valence-electron chi connectivity index (χ2n) is 6.38. The number of carbonyl (C=O) groups is 3. The van der Waals surface area contributed by atoms with E-state index in [0.29, 0.717) is 25.5 Å². The quantitative estimate of drug-likeness (QED) is 0.900. The minimum absolute atomic E-state index is 0.0386. The lowest BCUT2D eigenvalue weighted by molar-refractivity contribution is -0.153. The molecule has 2 aliphatic heterocycles. The summed E-state index contributed by atoms with van der Waals surface area (Å²) in [4.78, 5) is 38.7. The zero-order valence-electron chi connectivity index (χ0n) is 13.5. The van der Waals surface area contributed by atoms with Gasteiger partial charge in [0.05, 0.1) is 11.6 Å². The summed E-state index contributed by atoms with van der Waals surface area (Å²) in [6.07, 6.45) is 1.72. The number of benzene rings is 1. The molecule has 2 saturated heterocycles. The first kappa shape index (κ1) is 17.3. The molecule has 6 nitrogen and oxygen atoms in total. The SMILES string of the molecule is O=C(O)C1CCCCN1C(=O)C1CC(=O)N(c2ccc(F)cc2F)C1. The second kappa shape index (κ2) is 6.78. The maximum absolute atomic E-state index is 13.9. The molecule has 1 aromatic rings. The Bertz CT molecular complexity index is 725. The molecule has 8 heteroatoms. The van der Waals surface area contributed by atoms with Crippen molar-refractivity contribution in [3.8, 4) is 0 Å². The molecule has 1 N–H and O–H groups in total. The highest BCUT2D eigenvalue weighted by molar-refractivity contribution is 6.01. The van der Waals surface area contributed by atoms with Crippen LogP contribution in [0, 0.1) is 17.6 Å². The van der Waals surface area contributed by atoms with Gasteiger partial charge < -0.3 is 14.9 Å². The van der Waals surface area contributed by atoms with Crippen LogP contribution in [0.3, 0.4) is 0 Å². The van der Waals surface area contributed by atoms with Gasteiger partial charge in [-0.25, -0.2) is 13.6 Å². The molecule has 0 bridgehead atoms. The van der Waals surface area contributed by atoms with Crippen LogP contribution in [0.2, 0.25) is 0 Å². The van der Waals surface area contributed by atoms with Crippen molar-refractivity contribution >= 4 is 23.5 Å². The summed E-state index contributed by atoms with van der Waals surface area (Å²) >= 11 is 0. The first-order valence-corrected chi connectivity index (χ1v) is 8.17. The average molecular weight is 352 g/mol. The van der Waals surface area contributed by atoms with E-state index >= 15 is 0 Å². The average Bonchev–Trinajstić information content (AvgIpc) is 2.96. The fourth-order valence-electron chi connectivity index (χ4n) is 3.49. The molecule has 2 aliphatic rings. The molecular weight excluding hydrogens is 334 g/mol. The van der Waals surface area contributed by atoms with E-state index in [9.17, 15) is 28.3 Å². The van der Waals surface area contributed by atoms with Gasteiger partial charge in [0, 0.05) is 25.6 Å². The van der Waals surface area contributed by atoms with Crippen LogP contribution in [0.1, 0.15) is 25.7 Å². The summed E-state index contributed by atoms with van der Waals surface area (Å²) in [6.45, 7) is 0.300. The van der Waals surface area contributed by atoms with Crippen molar-refractivity contribution in [2.45, 2.75) is 31.7 Å². The van der Waals surface area contributed by atoms with Crippen molar-refractivity contribution in [3.63, 3.8) is 0 Å². The standard InChI is InChI=1S/C17H18F2N2O4/c18-11-4-5-13(12(19)8-11)21-9-10(7-15(21)22)16(23)20-6-2-1-3-14(20)17(24)25/h4-5,8,10,14H,1-3,6-7,9H2,(H,24,25). The monoisotopic (exact) mass is 352 g/mol. The predicted octanol–water partition coefficient (Wildman–Crippen LogP) is 1.78. The number of carboxylic acid groups (broad SMARTS) is 1. The van der Waals surface area contributed by atoms with Gasteiger partial charge in [0.15, 0.2) is 0 Å². The van der Waals surface area contributed by atoms with Gasteiger partial charge in [0.1, 0.15) is 17.7 Å². The lowest BCUT2D eigenvalue weighted by Crippen LogP contribution is -2.50. The highest BCUT2D eigenvalue weighted by Crippen LogP contribution is 2.30. The topological polar surface area (TPSA) is 77.9 Å². The maximum atomic E-state index is 13.9. The number of aliphatic carboxylic acids is 1. The minimum atomic E-state index is -1.06. The van der Waals surface area contributed by atoms with Crippen molar-refractivity contribution in [1.29, 1.82) is 0 Å². The Labute approximate surface area is 143 Å². The van der Waals surface area contributed by atoms with E-state index in [0.717, 1.165) is 23.5 Å². The lowest BCUT2D eigenvalue weighted by Gasteiger charge is -2.34. The van der Waals surface area contributed by atoms with E-state index in [4.69, 9.17) is 0 Å². The van der Waals surface area contributed by atoms with Crippen LogP contribution in [0.25, 0.3) is 0 Å². The first-order valence-electron chi connectivity index (χ1n) is 8.17. The first-order chi connectivity index (χ1) is 11.9. The fourth-order valence-corrected chi connectivity index (χ4v) is 3.49. The van der Waals surface area contributed by atoms with E-state index in [1.54, 1.807) is 0 Å². The van der Waals surface area contributed by atoms with Crippen molar-refractivity contribution < 1.29 is 28.3 Å². The number of hydrogen-bond acceptors (Lipinski definition) is 3. The Morgan fingerprint density at radius 3 is 2.64 bits per heavy atom. The van der Waals surface area contributed by atoms with E-state index in [1.165, 1.54) is 4.90 Å². The number of likely N-dealkylation sites (tertiary alicyclic amines) is 1. The Morgan fingerprint density at radius 2 is 1.96 bits per heavy atom. The number of carbonyl (C=O) groups excluding carboxylic acids is 2. The van der Waals surface area contributed by atoms with Gasteiger partial charge in [-0.05, 0) is 31.4 Å². The summed E-state index contributed by atoms with van der Waals surface area (Å²) in [7, 11) is 0. The van der Waals surface area contributed by atoms with Crippen LogP contribution < -0.4 is 4.90 Å². The third-order valence-corrected chi connectivity index (χ3v) is 4.75. The normalized spacial score (nSPS) is 23.8. The number of rotatable bonds is 3. The Kier molecular flexibility index (Phi) is 4.69. The van der Waals surface area contributed by atoms with Crippen LogP contribution in [0.15, 0.2) is 18.2 Å². The third kappa shape index (κ3) is 3.33. The number of piperidine rings is 1. The van der Waals surface area contributed by atoms with Crippen molar-refractivity contribution in [2.24, 2.45) is 5.92 Å². The lowest BCUT2D eigenvalue weighted by atomic mass is 9.98. The predicted molar refractivity (Wildman–Crippen MR) is 83.8 cm³/mol. The van der Waals surface area contributed by atoms with Gasteiger partial charge in [-0.1, -0.05) is 0 Å². The summed E-state index contributed by atoms with van der Waals surface area (Å²) in [5.74, 6) is -4.24. The van der Waals surface area contributed by atoms with E-state index in [2.05, 4.69) is 0 Å². The summed E-state index contributed by atoms with van der Waals surface area (Å²) < 4.78 is 27.0. The van der Waals surface area contributed by atoms with E-state index in [-0.39, 0.29) is 18.7 Å². The largest absolute Gasteiger partial charge is 0.480 e.